The molecule has 0 aliphatic carbocycles. The molecule has 3 aromatic rings. The number of nitrogens with zero attached hydrogens (tertiary/aromatic N) is 5. The van der Waals surface area contributed by atoms with Crippen molar-refractivity contribution in [2.24, 2.45) is 0 Å². The molecular weight excluding hydrogens is 491 g/mol. The van der Waals surface area contributed by atoms with E-state index in [2.05, 4.69) is 25.6 Å². The minimum absolute atomic E-state index is 0.00778. The average Bonchev–Trinajstić information content (AvgIpc) is 3.49. The fourth-order valence-electron chi connectivity index (χ4n) is 4.70. The molecule has 190 valence electrons. The Kier molecular flexibility index (Phi) is 5.35. The zero-order chi connectivity index (χ0) is 25.7. The van der Waals surface area contributed by atoms with Crippen LogP contribution >= 0.6 is 0 Å². The second-order valence-corrected chi connectivity index (χ2v) is 8.84. The monoisotopic (exact) mass is 511 g/mol. The minimum Gasteiger partial charge on any atom is -0.474 e. The van der Waals surface area contributed by atoms with E-state index in [1.807, 2.05) is 0 Å². The Morgan fingerprint density at radius 1 is 1.11 bits per heavy atom. The first-order valence-corrected chi connectivity index (χ1v) is 11.6. The Bertz CT molecular complexity index is 1400. The second kappa shape index (κ2) is 8.61. The molecule has 3 amide bonds. The van der Waals surface area contributed by atoms with Crippen molar-refractivity contribution in [3.05, 3.63) is 48.4 Å². The first kappa shape index (κ1) is 23.0. The van der Waals surface area contributed by atoms with Crippen molar-refractivity contribution in [2.45, 2.75) is 25.1 Å². The van der Waals surface area contributed by atoms with Crippen LogP contribution in [0.25, 0.3) is 11.1 Å². The highest BCUT2D eigenvalue weighted by atomic mass is 19.4. The summed E-state index contributed by atoms with van der Waals surface area (Å²) >= 11 is 0. The largest absolute Gasteiger partial charge is 0.474 e. The van der Waals surface area contributed by atoms with Crippen LogP contribution in [0, 0.1) is 0 Å². The number of fused-ring (bicyclic) bond motifs is 3. The number of ether oxygens (including phenoxy) is 1. The van der Waals surface area contributed by atoms with Gasteiger partial charge in [0.2, 0.25) is 17.7 Å². The summed E-state index contributed by atoms with van der Waals surface area (Å²) in [6.45, 7) is 1.30. The molecule has 1 aromatic carbocycles. The molecule has 10 nitrogen and oxygen atoms in total. The van der Waals surface area contributed by atoms with Gasteiger partial charge < -0.3 is 20.3 Å². The molecule has 0 radical (unpaired) electrons. The molecule has 5 heterocycles. The maximum absolute atomic E-state index is 14.0. The number of urea groups is 1. The third-order valence-corrected chi connectivity index (χ3v) is 6.45. The number of nitrogens with one attached hydrogen (secondary N) is 2. The van der Waals surface area contributed by atoms with Gasteiger partial charge in [0.15, 0.2) is 5.69 Å². The summed E-state index contributed by atoms with van der Waals surface area (Å²) in [6, 6.07) is 7.34. The van der Waals surface area contributed by atoms with Crippen molar-refractivity contribution >= 4 is 34.9 Å². The number of aromatic nitrogens is 3. The predicted molar refractivity (Wildman–Crippen MR) is 127 cm³/mol. The molecule has 37 heavy (non-hydrogen) atoms. The molecule has 6 rings (SSSR count). The molecular formula is C24H20F3N7O3. The van der Waals surface area contributed by atoms with Crippen LogP contribution in [0.3, 0.4) is 0 Å². The number of pyridine rings is 1. The fraction of sp³-hybridized carbons (Fsp3) is 0.292. The molecule has 2 saturated heterocycles. The van der Waals surface area contributed by atoms with Gasteiger partial charge in [-0.2, -0.15) is 13.2 Å². The molecule has 0 spiro atoms. The van der Waals surface area contributed by atoms with Gasteiger partial charge in [0, 0.05) is 37.0 Å². The van der Waals surface area contributed by atoms with E-state index in [0.717, 1.165) is 12.6 Å². The number of rotatable bonds is 4. The van der Waals surface area contributed by atoms with Crippen molar-refractivity contribution in [1.29, 1.82) is 0 Å². The van der Waals surface area contributed by atoms with E-state index >= 15 is 0 Å². The van der Waals surface area contributed by atoms with Gasteiger partial charge in [-0.1, -0.05) is 12.1 Å². The van der Waals surface area contributed by atoms with Crippen LogP contribution in [-0.2, 0) is 11.0 Å². The molecule has 2 aromatic heterocycles. The lowest BCUT2D eigenvalue weighted by molar-refractivity contribution is -0.140. The summed E-state index contributed by atoms with van der Waals surface area (Å²) in [4.78, 5) is 39.4. The summed E-state index contributed by atoms with van der Waals surface area (Å²) in [5, 5.41) is 5.48. The van der Waals surface area contributed by atoms with Gasteiger partial charge in [0.05, 0.1) is 17.9 Å². The van der Waals surface area contributed by atoms with Crippen molar-refractivity contribution < 1.29 is 27.5 Å². The standard InChI is InChI=1S/C24H20F3N7O3/c25-24(26,27)20-17(13-3-5-15(6-4-13)33-7-1-2-19(33)35)11-29-22(32-20)31-14-8-18-21(28-9-14)37-12-16-10-30-23(36)34(16)18/h3-6,8-9,11,16H,1-2,7,10,12H2,(H,30,36)(H,29,31,32)/t16-/m0/s1. The highest BCUT2D eigenvalue weighted by Gasteiger charge is 2.39. The van der Waals surface area contributed by atoms with E-state index in [9.17, 15) is 22.8 Å². The van der Waals surface area contributed by atoms with Crippen molar-refractivity contribution in [3.8, 4) is 17.0 Å². The molecule has 13 heteroatoms. The Morgan fingerprint density at radius 3 is 2.65 bits per heavy atom. The molecule has 3 aliphatic heterocycles. The number of hydrogen-bond acceptors (Lipinski definition) is 7. The van der Waals surface area contributed by atoms with E-state index in [1.54, 1.807) is 23.1 Å². The first-order valence-electron chi connectivity index (χ1n) is 11.6. The summed E-state index contributed by atoms with van der Waals surface area (Å²) in [7, 11) is 0. The first-order chi connectivity index (χ1) is 17.8. The van der Waals surface area contributed by atoms with Crippen LogP contribution < -0.4 is 25.2 Å². The zero-order valence-corrected chi connectivity index (χ0v) is 19.2. The number of anilines is 4. The Morgan fingerprint density at radius 2 is 1.92 bits per heavy atom. The Labute approximate surface area is 208 Å². The quantitative estimate of drug-likeness (QED) is 0.549. The Balaban J connectivity index is 1.29. The van der Waals surface area contributed by atoms with Gasteiger partial charge >= 0.3 is 12.2 Å². The normalized spacial score (nSPS) is 18.8. The number of halogens is 3. The highest BCUT2D eigenvalue weighted by Crippen LogP contribution is 2.38. The fourth-order valence-corrected chi connectivity index (χ4v) is 4.70. The molecule has 0 unspecified atom stereocenters. The van der Waals surface area contributed by atoms with E-state index < -0.39 is 11.9 Å². The van der Waals surface area contributed by atoms with E-state index in [-0.39, 0.29) is 40.9 Å². The van der Waals surface area contributed by atoms with Gasteiger partial charge in [-0.15, -0.1) is 0 Å². The topological polar surface area (TPSA) is 113 Å². The predicted octanol–water partition coefficient (Wildman–Crippen LogP) is 3.72. The Hall–Kier alpha value is -4.42. The molecule has 0 saturated carbocycles. The van der Waals surface area contributed by atoms with Gasteiger partial charge in [-0.3, -0.25) is 9.69 Å². The zero-order valence-electron chi connectivity index (χ0n) is 19.2. The molecule has 3 aliphatic rings. The van der Waals surface area contributed by atoms with Gasteiger partial charge in [-0.25, -0.2) is 19.7 Å². The van der Waals surface area contributed by atoms with Crippen molar-refractivity contribution in [3.63, 3.8) is 0 Å². The maximum Gasteiger partial charge on any atom is 0.434 e. The highest BCUT2D eigenvalue weighted by molar-refractivity contribution is 5.97. The molecule has 2 fully saturated rings. The number of hydrogen-bond donors (Lipinski definition) is 2. The van der Waals surface area contributed by atoms with Crippen LogP contribution in [0.15, 0.2) is 42.7 Å². The number of benzene rings is 1. The van der Waals surface area contributed by atoms with Crippen LogP contribution in [0.2, 0.25) is 0 Å². The second-order valence-electron chi connectivity index (χ2n) is 8.84. The van der Waals surface area contributed by atoms with Crippen molar-refractivity contribution in [2.75, 3.05) is 34.8 Å². The third-order valence-electron chi connectivity index (χ3n) is 6.45. The van der Waals surface area contributed by atoms with E-state index in [1.165, 1.54) is 23.2 Å². The van der Waals surface area contributed by atoms with Gasteiger partial charge in [0.1, 0.15) is 12.3 Å². The van der Waals surface area contributed by atoms with Crippen LogP contribution in [0.1, 0.15) is 18.5 Å². The summed E-state index contributed by atoms with van der Waals surface area (Å²) in [6.07, 6.45) is -1.06. The summed E-state index contributed by atoms with van der Waals surface area (Å²) in [5.74, 6) is -0.0342. The van der Waals surface area contributed by atoms with Crippen molar-refractivity contribution in [1.82, 2.24) is 20.3 Å². The SMILES string of the molecule is O=C1CCCN1c1ccc(-c2cnc(Nc3cnc4c(c3)N3C(=O)NC[C@H]3CO4)nc2C(F)(F)F)cc1. The maximum atomic E-state index is 14.0. The minimum atomic E-state index is -4.75. The van der Waals surface area contributed by atoms with Crippen LogP contribution in [0.5, 0.6) is 5.88 Å². The number of carbonyl (C=O) groups is 2. The van der Waals surface area contributed by atoms with Gasteiger partial charge in [0.25, 0.3) is 0 Å². The lowest BCUT2D eigenvalue weighted by atomic mass is 10.0. The lowest BCUT2D eigenvalue weighted by Crippen LogP contribution is -2.41. The summed E-state index contributed by atoms with van der Waals surface area (Å²) in [5.41, 5.74) is 0.308. The van der Waals surface area contributed by atoms with E-state index in [0.29, 0.717) is 43.2 Å². The van der Waals surface area contributed by atoms with E-state index in [4.69, 9.17) is 4.74 Å². The average molecular weight is 511 g/mol. The number of alkyl halides is 3. The summed E-state index contributed by atoms with van der Waals surface area (Å²) < 4.78 is 47.6. The molecule has 0 bridgehead atoms. The number of amides is 3. The van der Waals surface area contributed by atoms with Crippen LogP contribution in [0.4, 0.5) is 41.0 Å². The smallest absolute Gasteiger partial charge is 0.434 e. The van der Waals surface area contributed by atoms with Crippen LogP contribution in [-0.4, -0.2) is 52.6 Å². The van der Waals surface area contributed by atoms with Gasteiger partial charge in [-0.05, 0) is 30.2 Å². The number of carbonyl (C=O) groups excluding carboxylic acids is 2. The third kappa shape index (κ3) is 4.15. The molecule has 1 atom stereocenters. The lowest BCUT2D eigenvalue weighted by Gasteiger charge is -2.29. The molecule has 2 N–H and O–H groups in total.